The van der Waals surface area contributed by atoms with Gasteiger partial charge in [0.15, 0.2) is 0 Å². The number of hydrogen-bond acceptors (Lipinski definition) is 3. The number of aliphatic hydroxyl groups excluding tert-OH is 1. The minimum atomic E-state index is 0.0206. The van der Waals surface area contributed by atoms with Gasteiger partial charge in [-0.3, -0.25) is 0 Å². The molecule has 3 rings (SSSR count). The van der Waals surface area contributed by atoms with Crippen molar-refractivity contribution in [3.63, 3.8) is 0 Å². The Morgan fingerprint density at radius 1 is 1.08 bits per heavy atom. The molecular formula is C21H25NO2. The van der Waals surface area contributed by atoms with E-state index in [1.807, 2.05) is 18.2 Å². The van der Waals surface area contributed by atoms with Crippen LogP contribution in [-0.4, -0.2) is 23.7 Å². The monoisotopic (exact) mass is 323 g/mol. The summed E-state index contributed by atoms with van der Waals surface area (Å²) in [6.07, 6.45) is 0. The van der Waals surface area contributed by atoms with E-state index in [1.165, 1.54) is 0 Å². The van der Waals surface area contributed by atoms with Gasteiger partial charge in [0.2, 0.25) is 5.90 Å². The largest absolute Gasteiger partial charge is 0.475 e. The highest BCUT2D eigenvalue weighted by molar-refractivity contribution is 6.03. The van der Waals surface area contributed by atoms with Gasteiger partial charge in [0.05, 0.1) is 12.6 Å². The molecule has 0 amide bonds. The summed E-state index contributed by atoms with van der Waals surface area (Å²) in [5.41, 5.74) is 6.47. The van der Waals surface area contributed by atoms with Gasteiger partial charge in [0, 0.05) is 5.56 Å². The molecule has 0 aliphatic carbocycles. The smallest absolute Gasteiger partial charge is 0.217 e. The standard InChI is InChI=1S/C21H25NO2/c1-13(2)18-12-24-21(22-18)17-10-6-8-15(4)20(17)19-14(3)7-5-9-16(19)11-23/h5-10,13,18,23H,11-12H2,1-4H3/t18-/m1/s1. The lowest BCUT2D eigenvalue weighted by atomic mass is 9.88. The van der Waals surface area contributed by atoms with Gasteiger partial charge >= 0.3 is 0 Å². The van der Waals surface area contributed by atoms with Crippen LogP contribution in [0, 0.1) is 19.8 Å². The van der Waals surface area contributed by atoms with Gasteiger partial charge in [-0.25, -0.2) is 4.99 Å². The zero-order valence-electron chi connectivity index (χ0n) is 14.8. The fourth-order valence-corrected chi connectivity index (χ4v) is 3.27. The van der Waals surface area contributed by atoms with Gasteiger partial charge in [-0.2, -0.15) is 0 Å². The first-order chi connectivity index (χ1) is 11.5. The van der Waals surface area contributed by atoms with Crippen LogP contribution in [0.2, 0.25) is 0 Å². The van der Waals surface area contributed by atoms with Crippen LogP contribution in [0.25, 0.3) is 11.1 Å². The summed E-state index contributed by atoms with van der Waals surface area (Å²) in [6.45, 7) is 9.18. The maximum atomic E-state index is 9.80. The molecule has 0 spiro atoms. The molecule has 2 aromatic carbocycles. The maximum Gasteiger partial charge on any atom is 0.217 e. The van der Waals surface area contributed by atoms with Gasteiger partial charge < -0.3 is 9.84 Å². The van der Waals surface area contributed by atoms with Crippen LogP contribution in [0.5, 0.6) is 0 Å². The van der Waals surface area contributed by atoms with Crippen LogP contribution < -0.4 is 0 Å². The maximum absolute atomic E-state index is 9.80. The second-order valence-corrected chi connectivity index (χ2v) is 6.82. The van der Waals surface area contributed by atoms with E-state index in [0.29, 0.717) is 12.5 Å². The molecule has 126 valence electrons. The summed E-state index contributed by atoms with van der Waals surface area (Å²) in [6, 6.07) is 12.5. The van der Waals surface area contributed by atoms with Gasteiger partial charge in [-0.1, -0.05) is 44.2 Å². The minimum Gasteiger partial charge on any atom is -0.475 e. The van der Waals surface area contributed by atoms with E-state index in [9.17, 15) is 5.11 Å². The van der Waals surface area contributed by atoms with E-state index in [4.69, 9.17) is 9.73 Å². The summed E-state index contributed by atoms with van der Waals surface area (Å²) < 4.78 is 5.93. The molecule has 1 heterocycles. The number of hydrogen-bond donors (Lipinski definition) is 1. The third-order valence-electron chi connectivity index (χ3n) is 4.73. The third kappa shape index (κ3) is 2.96. The average Bonchev–Trinajstić information content (AvgIpc) is 3.05. The predicted octanol–water partition coefficient (Wildman–Crippen LogP) is 4.26. The second-order valence-electron chi connectivity index (χ2n) is 6.82. The fourth-order valence-electron chi connectivity index (χ4n) is 3.27. The van der Waals surface area contributed by atoms with Crippen LogP contribution in [-0.2, 0) is 11.3 Å². The second kappa shape index (κ2) is 6.78. The minimum absolute atomic E-state index is 0.0206. The van der Waals surface area contributed by atoms with Crippen molar-refractivity contribution in [1.82, 2.24) is 0 Å². The van der Waals surface area contributed by atoms with Crippen LogP contribution in [0.15, 0.2) is 41.4 Å². The van der Waals surface area contributed by atoms with Gasteiger partial charge in [-0.05, 0) is 53.6 Å². The van der Waals surface area contributed by atoms with Crippen molar-refractivity contribution in [3.05, 3.63) is 58.7 Å². The van der Waals surface area contributed by atoms with Crippen molar-refractivity contribution in [2.45, 2.75) is 40.3 Å². The summed E-state index contributed by atoms with van der Waals surface area (Å²) in [4.78, 5) is 4.80. The average molecular weight is 323 g/mol. The van der Waals surface area contributed by atoms with Crippen LogP contribution >= 0.6 is 0 Å². The molecule has 0 fully saturated rings. The molecular weight excluding hydrogens is 298 g/mol. The van der Waals surface area contributed by atoms with E-state index in [0.717, 1.165) is 39.3 Å². The Kier molecular flexibility index (Phi) is 4.72. The quantitative estimate of drug-likeness (QED) is 0.913. The molecule has 0 aromatic heterocycles. The molecule has 0 bridgehead atoms. The van der Waals surface area contributed by atoms with Crippen molar-refractivity contribution < 1.29 is 9.84 Å². The normalized spacial score (nSPS) is 17.1. The van der Waals surface area contributed by atoms with Crippen LogP contribution in [0.3, 0.4) is 0 Å². The molecule has 1 aliphatic rings. The first kappa shape index (κ1) is 16.7. The lowest BCUT2D eigenvalue weighted by molar-refractivity contribution is 0.282. The Morgan fingerprint density at radius 2 is 1.75 bits per heavy atom. The summed E-state index contributed by atoms with van der Waals surface area (Å²) >= 11 is 0. The van der Waals surface area contributed by atoms with Crippen LogP contribution in [0.4, 0.5) is 0 Å². The predicted molar refractivity (Wildman–Crippen MR) is 98.4 cm³/mol. The molecule has 0 saturated carbocycles. The highest BCUT2D eigenvalue weighted by Crippen LogP contribution is 2.35. The zero-order chi connectivity index (χ0) is 17.3. The molecule has 0 radical (unpaired) electrons. The van der Waals surface area contributed by atoms with Gasteiger partial charge in [-0.15, -0.1) is 0 Å². The number of aliphatic imine (C=N–C) groups is 1. The van der Waals surface area contributed by atoms with Crippen molar-refractivity contribution in [2.24, 2.45) is 10.9 Å². The number of rotatable bonds is 4. The van der Waals surface area contributed by atoms with E-state index >= 15 is 0 Å². The highest BCUT2D eigenvalue weighted by atomic mass is 16.5. The van der Waals surface area contributed by atoms with E-state index < -0.39 is 0 Å². The SMILES string of the molecule is Cc1cccc(CO)c1-c1c(C)cccc1C1=N[C@@H](C(C)C)CO1. The molecule has 1 aliphatic heterocycles. The number of nitrogens with zero attached hydrogens (tertiary/aromatic N) is 1. The first-order valence-electron chi connectivity index (χ1n) is 8.53. The number of aliphatic hydroxyl groups is 1. The van der Waals surface area contributed by atoms with Gasteiger partial charge in [0.25, 0.3) is 0 Å². The molecule has 1 atom stereocenters. The van der Waals surface area contributed by atoms with E-state index in [2.05, 4.69) is 45.9 Å². The molecule has 3 nitrogen and oxygen atoms in total. The molecule has 0 saturated heterocycles. The Hall–Kier alpha value is -2.13. The van der Waals surface area contributed by atoms with Crippen molar-refractivity contribution >= 4 is 5.90 Å². The third-order valence-corrected chi connectivity index (χ3v) is 4.73. The molecule has 2 aromatic rings. The first-order valence-corrected chi connectivity index (χ1v) is 8.53. The summed E-state index contributed by atoms with van der Waals surface area (Å²) in [5.74, 6) is 1.18. The van der Waals surface area contributed by atoms with Crippen molar-refractivity contribution in [2.75, 3.05) is 6.61 Å². The highest BCUT2D eigenvalue weighted by Gasteiger charge is 2.26. The molecule has 24 heavy (non-hydrogen) atoms. The Bertz CT molecular complexity index is 777. The summed E-state index contributed by atoms with van der Waals surface area (Å²) in [5, 5.41) is 9.80. The topological polar surface area (TPSA) is 41.8 Å². The van der Waals surface area contributed by atoms with E-state index in [-0.39, 0.29) is 12.6 Å². The molecule has 3 heteroatoms. The fraction of sp³-hybridized carbons (Fsp3) is 0.381. The van der Waals surface area contributed by atoms with Crippen molar-refractivity contribution in [1.29, 1.82) is 0 Å². The molecule has 1 N–H and O–H groups in total. The molecule has 0 unspecified atom stereocenters. The Labute approximate surface area is 144 Å². The lowest BCUT2D eigenvalue weighted by Gasteiger charge is -2.17. The Balaban J connectivity index is 2.19. The Morgan fingerprint density at radius 3 is 2.38 bits per heavy atom. The lowest BCUT2D eigenvalue weighted by Crippen LogP contribution is -2.13. The van der Waals surface area contributed by atoms with Gasteiger partial charge in [0.1, 0.15) is 6.61 Å². The summed E-state index contributed by atoms with van der Waals surface area (Å²) in [7, 11) is 0. The zero-order valence-corrected chi connectivity index (χ0v) is 14.8. The van der Waals surface area contributed by atoms with Crippen molar-refractivity contribution in [3.8, 4) is 11.1 Å². The number of benzene rings is 2. The van der Waals surface area contributed by atoms with Crippen LogP contribution in [0.1, 0.15) is 36.1 Å². The number of ether oxygens (including phenoxy) is 1. The van der Waals surface area contributed by atoms with E-state index in [1.54, 1.807) is 0 Å². The number of aryl methyl sites for hydroxylation is 2.